The van der Waals surface area contributed by atoms with Crippen LogP contribution in [0, 0.1) is 6.92 Å². The summed E-state index contributed by atoms with van der Waals surface area (Å²) in [5.41, 5.74) is 2.80. The Morgan fingerprint density at radius 1 is 1.00 bits per heavy atom. The highest BCUT2D eigenvalue weighted by Crippen LogP contribution is 2.30. The molecule has 0 fully saturated rings. The van der Waals surface area contributed by atoms with Gasteiger partial charge in [0, 0.05) is 17.8 Å². The Kier molecular flexibility index (Phi) is 2.26. The second kappa shape index (κ2) is 3.34. The highest BCUT2D eigenvalue weighted by atomic mass is 14.6. The summed E-state index contributed by atoms with van der Waals surface area (Å²) in [6.45, 7) is 8.83. The van der Waals surface area contributed by atoms with E-state index in [-0.39, 0.29) is 5.41 Å². The lowest BCUT2D eigenvalue weighted by Crippen LogP contribution is -2.11. The Hall–Kier alpha value is -1.37. The zero-order chi connectivity index (χ0) is 11.1. The normalized spacial score (nSPS) is 12.0. The Labute approximate surface area is 91.2 Å². The van der Waals surface area contributed by atoms with Crippen molar-refractivity contribution in [2.24, 2.45) is 0 Å². The van der Waals surface area contributed by atoms with E-state index in [1.165, 1.54) is 21.9 Å². The van der Waals surface area contributed by atoms with Crippen LogP contribution in [0.4, 0.5) is 0 Å². The lowest BCUT2D eigenvalue weighted by atomic mass is 9.84. The maximum Gasteiger partial charge on any atom is 0.0349 e. The van der Waals surface area contributed by atoms with Crippen molar-refractivity contribution in [3.8, 4) is 0 Å². The average Bonchev–Trinajstić information content (AvgIpc) is 2.16. The van der Waals surface area contributed by atoms with Gasteiger partial charge in [0.2, 0.25) is 0 Å². The number of hydrogen-bond donors (Lipinski definition) is 0. The van der Waals surface area contributed by atoms with Crippen LogP contribution >= 0.6 is 0 Å². The average molecular weight is 199 g/mol. The van der Waals surface area contributed by atoms with E-state index in [1.807, 2.05) is 12.4 Å². The molecule has 1 aromatic carbocycles. The van der Waals surface area contributed by atoms with Crippen LogP contribution in [-0.4, -0.2) is 4.98 Å². The molecule has 15 heavy (non-hydrogen) atoms. The molecule has 0 amide bonds. The van der Waals surface area contributed by atoms with Gasteiger partial charge in [-0.2, -0.15) is 0 Å². The quantitative estimate of drug-likeness (QED) is 0.628. The van der Waals surface area contributed by atoms with Gasteiger partial charge < -0.3 is 0 Å². The molecule has 0 unspecified atom stereocenters. The number of rotatable bonds is 0. The minimum atomic E-state index is 0.176. The van der Waals surface area contributed by atoms with Crippen molar-refractivity contribution in [2.45, 2.75) is 33.1 Å². The van der Waals surface area contributed by atoms with E-state index in [9.17, 15) is 0 Å². The van der Waals surface area contributed by atoms with Crippen molar-refractivity contribution in [3.05, 3.63) is 41.7 Å². The van der Waals surface area contributed by atoms with E-state index < -0.39 is 0 Å². The summed E-state index contributed by atoms with van der Waals surface area (Å²) in [7, 11) is 0. The smallest absolute Gasteiger partial charge is 0.0349 e. The molecule has 1 nitrogen and oxygen atoms in total. The standard InChI is InChI=1S/C14H17N/c1-10-8-15-9-12-11(10)6-5-7-13(12)14(2,3)4/h5-9H,1-4H3. The highest BCUT2D eigenvalue weighted by molar-refractivity contribution is 5.88. The summed E-state index contributed by atoms with van der Waals surface area (Å²) >= 11 is 0. The largest absolute Gasteiger partial charge is 0.264 e. The molecular weight excluding hydrogens is 182 g/mol. The van der Waals surface area contributed by atoms with Crippen molar-refractivity contribution in [3.63, 3.8) is 0 Å². The number of fused-ring (bicyclic) bond motifs is 1. The number of aromatic nitrogens is 1. The van der Waals surface area contributed by atoms with E-state index in [0.717, 1.165) is 0 Å². The van der Waals surface area contributed by atoms with E-state index in [4.69, 9.17) is 0 Å². The zero-order valence-electron chi connectivity index (χ0n) is 9.83. The van der Waals surface area contributed by atoms with Crippen molar-refractivity contribution >= 4 is 10.8 Å². The van der Waals surface area contributed by atoms with E-state index in [0.29, 0.717) is 0 Å². The molecule has 1 aromatic heterocycles. The minimum Gasteiger partial charge on any atom is -0.264 e. The van der Waals surface area contributed by atoms with Gasteiger partial charge in [-0.15, -0.1) is 0 Å². The predicted octanol–water partition coefficient (Wildman–Crippen LogP) is 3.84. The highest BCUT2D eigenvalue weighted by Gasteiger charge is 2.16. The summed E-state index contributed by atoms with van der Waals surface area (Å²) in [5, 5.41) is 2.60. The minimum absolute atomic E-state index is 0.176. The molecule has 0 aliphatic rings. The van der Waals surface area contributed by atoms with Gasteiger partial charge in [0.25, 0.3) is 0 Å². The van der Waals surface area contributed by atoms with Crippen molar-refractivity contribution in [1.82, 2.24) is 4.98 Å². The zero-order valence-corrected chi connectivity index (χ0v) is 9.83. The van der Waals surface area contributed by atoms with Crippen LogP contribution in [0.25, 0.3) is 10.8 Å². The number of hydrogen-bond acceptors (Lipinski definition) is 1. The van der Waals surface area contributed by atoms with Gasteiger partial charge in [0.15, 0.2) is 0 Å². The van der Waals surface area contributed by atoms with Crippen LogP contribution in [0.2, 0.25) is 0 Å². The molecule has 0 aliphatic heterocycles. The molecule has 78 valence electrons. The second-order valence-corrected chi connectivity index (χ2v) is 5.11. The van der Waals surface area contributed by atoms with E-state index in [2.05, 4.69) is 50.9 Å². The third-order valence-corrected chi connectivity index (χ3v) is 2.81. The molecular formula is C14H17N. The Balaban J connectivity index is 2.83. The summed E-state index contributed by atoms with van der Waals surface area (Å²) in [6, 6.07) is 6.50. The third kappa shape index (κ3) is 1.74. The lowest BCUT2D eigenvalue weighted by Gasteiger charge is -2.21. The topological polar surface area (TPSA) is 12.9 Å². The van der Waals surface area contributed by atoms with Gasteiger partial charge in [-0.3, -0.25) is 4.98 Å². The van der Waals surface area contributed by atoms with Crippen LogP contribution in [0.5, 0.6) is 0 Å². The Morgan fingerprint density at radius 3 is 2.40 bits per heavy atom. The number of nitrogens with zero attached hydrogens (tertiary/aromatic N) is 1. The summed E-state index contributed by atoms with van der Waals surface area (Å²) in [5.74, 6) is 0. The molecule has 0 spiro atoms. The summed E-state index contributed by atoms with van der Waals surface area (Å²) in [6.07, 6.45) is 3.90. The first-order valence-corrected chi connectivity index (χ1v) is 5.34. The fourth-order valence-corrected chi connectivity index (χ4v) is 2.00. The molecule has 2 rings (SSSR count). The molecule has 2 aromatic rings. The molecule has 0 bridgehead atoms. The molecule has 0 saturated heterocycles. The molecule has 0 atom stereocenters. The van der Waals surface area contributed by atoms with Crippen LogP contribution in [0.3, 0.4) is 0 Å². The first kappa shape index (κ1) is 10.2. The number of aryl methyl sites for hydroxylation is 1. The van der Waals surface area contributed by atoms with Crippen LogP contribution in [0.15, 0.2) is 30.6 Å². The van der Waals surface area contributed by atoms with Crippen molar-refractivity contribution < 1.29 is 0 Å². The van der Waals surface area contributed by atoms with Gasteiger partial charge in [0.05, 0.1) is 0 Å². The monoisotopic (exact) mass is 199 g/mol. The maximum absolute atomic E-state index is 4.29. The fourth-order valence-electron chi connectivity index (χ4n) is 2.00. The molecule has 0 N–H and O–H groups in total. The summed E-state index contributed by atoms with van der Waals surface area (Å²) in [4.78, 5) is 4.29. The lowest BCUT2D eigenvalue weighted by molar-refractivity contribution is 0.596. The van der Waals surface area contributed by atoms with Crippen LogP contribution in [-0.2, 0) is 5.41 Å². The molecule has 1 heteroatoms. The van der Waals surface area contributed by atoms with Crippen molar-refractivity contribution in [1.29, 1.82) is 0 Å². The van der Waals surface area contributed by atoms with E-state index in [1.54, 1.807) is 0 Å². The van der Waals surface area contributed by atoms with Gasteiger partial charge in [-0.25, -0.2) is 0 Å². The number of pyridine rings is 1. The van der Waals surface area contributed by atoms with Gasteiger partial charge in [-0.05, 0) is 28.9 Å². The predicted molar refractivity (Wildman–Crippen MR) is 65.2 cm³/mol. The van der Waals surface area contributed by atoms with Crippen LogP contribution < -0.4 is 0 Å². The summed E-state index contributed by atoms with van der Waals surface area (Å²) < 4.78 is 0. The fraction of sp³-hybridized carbons (Fsp3) is 0.357. The third-order valence-electron chi connectivity index (χ3n) is 2.81. The maximum atomic E-state index is 4.29. The van der Waals surface area contributed by atoms with Gasteiger partial charge in [-0.1, -0.05) is 39.0 Å². The van der Waals surface area contributed by atoms with Crippen molar-refractivity contribution in [2.75, 3.05) is 0 Å². The van der Waals surface area contributed by atoms with E-state index >= 15 is 0 Å². The molecule has 0 saturated carbocycles. The van der Waals surface area contributed by atoms with Gasteiger partial charge >= 0.3 is 0 Å². The SMILES string of the molecule is Cc1cncc2c(C(C)(C)C)cccc12. The molecule has 0 aliphatic carbocycles. The molecule has 0 radical (unpaired) electrons. The Bertz CT molecular complexity index is 492. The van der Waals surface area contributed by atoms with Gasteiger partial charge in [0.1, 0.15) is 0 Å². The molecule has 1 heterocycles. The Morgan fingerprint density at radius 2 is 1.73 bits per heavy atom. The first-order chi connectivity index (χ1) is 7.00. The second-order valence-electron chi connectivity index (χ2n) is 5.11. The van der Waals surface area contributed by atoms with Crippen LogP contribution in [0.1, 0.15) is 31.9 Å². The first-order valence-electron chi connectivity index (χ1n) is 5.34. The number of benzene rings is 1.